The maximum absolute atomic E-state index is 5.63. The van der Waals surface area contributed by atoms with Gasteiger partial charge in [0.15, 0.2) is 5.11 Å². The normalized spacial score (nSPS) is 15.4. The number of hydrogen-bond donors (Lipinski definition) is 1. The molecular weight excluding hydrogens is 354 g/mol. The summed E-state index contributed by atoms with van der Waals surface area (Å²) in [6.07, 6.45) is 1.16. The summed E-state index contributed by atoms with van der Waals surface area (Å²) < 4.78 is 5.33. The van der Waals surface area contributed by atoms with Gasteiger partial charge in [0, 0.05) is 43.6 Å². The van der Waals surface area contributed by atoms with E-state index >= 15 is 0 Å². The zero-order valence-corrected chi connectivity index (χ0v) is 17.3. The van der Waals surface area contributed by atoms with Gasteiger partial charge in [0.25, 0.3) is 0 Å². The van der Waals surface area contributed by atoms with Crippen LogP contribution in [0.5, 0.6) is 5.75 Å². The summed E-state index contributed by atoms with van der Waals surface area (Å²) in [5, 5.41) is 4.19. The molecule has 0 aliphatic carbocycles. The summed E-state index contributed by atoms with van der Waals surface area (Å²) in [6, 6.07) is 16.9. The molecule has 1 aliphatic heterocycles. The van der Waals surface area contributed by atoms with Gasteiger partial charge in [-0.25, -0.2) is 0 Å². The summed E-state index contributed by atoms with van der Waals surface area (Å²) in [5.41, 5.74) is 3.64. The van der Waals surface area contributed by atoms with Crippen molar-refractivity contribution in [3.05, 3.63) is 54.1 Å². The monoisotopic (exact) mass is 383 g/mol. The van der Waals surface area contributed by atoms with Crippen molar-refractivity contribution in [2.75, 3.05) is 43.5 Å². The molecule has 5 heteroatoms. The van der Waals surface area contributed by atoms with Gasteiger partial charge in [-0.05, 0) is 54.4 Å². The zero-order valence-electron chi connectivity index (χ0n) is 16.4. The molecule has 4 nitrogen and oxygen atoms in total. The van der Waals surface area contributed by atoms with Gasteiger partial charge in [0.05, 0.1) is 7.11 Å². The average molecular weight is 384 g/mol. The quantitative estimate of drug-likeness (QED) is 0.754. The lowest BCUT2D eigenvalue weighted by Crippen LogP contribution is -2.50. The van der Waals surface area contributed by atoms with Crippen molar-refractivity contribution in [1.82, 2.24) is 4.90 Å². The topological polar surface area (TPSA) is 27.7 Å². The first kappa shape index (κ1) is 19.5. The van der Waals surface area contributed by atoms with Crippen molar-refractivity contribution in [3.63, 3.8) is 0 Å². The Bertz CT molecular complexity index is 754. The van der Waals surface area contributed by atoms with Gasteiger partial charge in [-0.2, -0.15) is 0 Å². The summed E-state index contributed by atoms with van der Waals surface area (Å²) in [7, 11) is 1.70. The number of anilines is 2. The van der Waals surface area contributed by atoms with E-state index in [0.29, 0.717) is 5.92 Å². The van der Waals surface area contributed by atoms with Gasteiger partial charge < -0.3 is 19.9 Å². The van der Waals surface area contributed by atoms with E-state index in [9.17, 15) is 0 Å². The Kier molecular flexibility index (Phi) is 6.56. The number of methoxy groups -OCH3 is 1. The molecule has 0 amide bonds. The summed E-state index contributed by atoms with van der Waals surface area (Å²) in [6.45, 7) is 8.19. The third-order valence-corrected chi connectivity index (χ3v) is 5.69. The number of rotatable bonds is 5. The second kappa shape index (κ2) is 9.09. The summed E-state index contributed by atoms with van der Waals surface area (Å²) >= 11 is 5.63. The van der Waals surface area contributed by atoms with Crippen molar-refractivity contribution < 1.29 is 4.74 Å². The predicted octanol–water partition coefficient (Wildman–Crippen LogP) is 4.73. The lowest BCUT2D eigenvalue weighted by molar-refractivity contribution is 0.389. The molecule has 1 heterocycles. The third kappa shape index (κ3) is 4.92. The molecule has 27 heavy (non-hydrogen) atoms. The number of ether oxygens (including phenoxy) is 1. The fraction of sp³-hybridized carbons (Fsp3) is 0.409. The lowest BCUT2D eigenvalue weighted by atomic mass is 9.99. The van der Waals surface area contributed by atoms with Crippen molar-refractivity contribution in [2.45, 2.75) is 26.2 Å². The molecule has 1 saturated heterocycles. The SMILES string of the molecule is CCC(C)c1ccc(NC(=S)N2CCN(c3cccc(OC)c3)CC2)cc1. The molecule has 1 unspecified atom stereocenters. The van der Waals surface area contributed by atoms with E-state index in [1.54, 1.807) is 7.11 Å². The second-order valence-corrected chi connectivity index (χ2v) is 7.42. The Morgan fingerprint density at radius 1 is 1.11 bits per heavy atom. The molecule has 0 spiro atoms. The van der Waals surface area contributed by atoms with Crippen molar-refractivity contribution >= 4 is 28.7 Å². The molecule has 0 aromatic heterocycles. The molecule has 1 fully saturated rings. The van der Waals surface area contributed by atoms with Gasteiger partial charge >= 0.3 is 0 Å². The lowest BCUT2D eigenvalue weighted by Gasteiger charge is -2.37. The number of hydrogen-bond acceptors (Lipinski definition) is 3. The van der Waals surface area contributed by atoms with Crippen LogP contribution in [0.1, 0.15) is 31.7 Å². The molecule has 2 aromatic rings. The van der Waals surface area contributed by atoms with Crippen LogP contribution in [-0.4, -0.2) is 43.3 Å². The molecule has 3 rings (SSSR count). The molecular formula is C22H29N3OS. The number of thiocarbonyl (C=S) groups is 1. The van der Waals surface area contributed by atoms with Crippen molar-refractivity contribution in [1.29, 1.82) is 0 Å². The van der Waals surface area contributed by atoms with E-state index in [0.717, 1.165) is 49.1 Å². The van der Waals surface area contributed by atoms with Crippen LogP contribution >= 0.6 is 12.2 Å². The fourth-order valence-electron chi connectivity index (χ4n) is 3.31. The summed E-state index contributed by atoms with van der Waals surface area (Å²) in [4.78, 5) is 4.62. The van der Waals surface area contributed by atoms with Crippen LogP contribution in [0.2, 0.25) is 0 Å². The van der Waals surface area contributed by atoms with Crippen molar-refractivity contribution in [3.8, 4) is 5.75 Å². The maximum Gasteiger partial charge on any atom is 0.173 e. The van der Waals surface area contributed by atoms with E-state index in [2.05, 4.69) is 65.4 Å². The smallest absolute Gasteiger partial charge is 0.173 e. The molecule has 0 saturated carbocycles. The molecule has 1 atom stereocenters. The minimum atomic E-state index is 0.593. The van der Waals surface area contributed by atoms with Crippen LogP contribution in [0.4, 0.5) is 11.4 Å². The highest BCUT2D eigenvalue weighted by molar-refractivity contribution is 7.80. The Hall–Kier alpha value is -2.27. The first-order valence-electron chi connectivity index (χ1n) is 9.65. The van der Waals surface area contributed by atoms with Gasteiger partial charge in [-0.15, -0.1) is 0 Å². The van der Waals surface area contributed by atoms with E-state index < -0.39 is 0 Å². The van der Waals surface area contributed by atoms with Crippen LogP contribution in [0.25, 0.3) is 0 Å². The fourth-order valence-corrected chi connectivity index (χ4v) is 3.61. The standard InChI is InChI=1S/C22H29N3OS/c1-4-17(2)18-8-10-19(11-9-18)23-22(27)25-14-12-24(13-15-25)20-6-5-7-21(16-20)26-3/h5-11,16-17H,4,12-15H2,1-3H3,(H,23,27). The number of piperazine rings is 1. The van der Waals surface area contributed by atoms with Crippen LogP contribution in [0, 0.1) is 0 Å². The van der Waals surface area contributed by atoms with E-state index in [-0.39, 0.29) is 0 Å². The minimum Gasteiger partial charge on any atom is -0.497 e. The van der Waals surface area contributed by atoms with Gasteiger partial charge in [-0.1, -0.05) is 32.0 Å². The molecule has 144 valence electrons. The first-order valence-corrected chi connectivity index (χ1v) is 10.1. The van der Waals surface area contributed by atoms with E-state index in [1.807, 2.05) is 12.1 Å². The van der Waals surface area contributed by atoms with Crippen LogP contribution in [0.15, 0.2) is 48.5 Å². The average Bonchev–Trinajstić information content (AvgIpc) is 2.74. The van der Waals surface area contributed by atoms with Gasteiger partial charge in [0.1, 0.15) is 5.75 Å². The van der Waals surface area contributed by atoms with Crippen LogP contribution in [0.3, 0.4) is 0 Å². The van der Waals surface area contributed by atoms with Gasteiger partial charge in [0.2, 0.25) is 0 Å². The predicted molar refractivity (Wildman–Crippen MR) is 118 cm³/mol. The summed E-state index contributed by atoms with van der Waals surface area (Å²) in [5.74, 6) is 1.49. The number of nitrogens with one attached hydrogen (secondary N) is 1. The first-order chi connectivity index (χ1) is 13.1. The zero-order chi connectivity index (χ0) is 19.2. The van der Waals surface area contributed by atoms with Crippen molar-refractivity contribution in [2.24, 2.45) is 0 Å². The number of nitrogens with zero attached hydrogens (tertiary/aromatic N) is 2. The maximum atomic E-state index is 5.63. The van der Waals surface area contributed by atoms with E-state index in [1.165, 1.54) is 11.3 Å². The third-order valence-electron chi connectivity index (χ3n) is 5.33. The molecule has 0 bridgehead atoms. The van der Waals surface area contributed by atoms with Gasteiger partial charge in [-0.3, -0.25) is 0 Å². The molecule has 2 aromatic carbocycles. The molecule has 1 N–H and O–H groups in total. The van der Waals surface area contributed by atoms with Crippen LogP contribution in [-0.2, 0) is 0 Å². The minimum absolute atomic E-state index is 0.593. The Labute approximate surface area is 168 Å². The molecule has 1 aliphatic rings. The number of benzene rings is 2. The van der Waals surface area contributed by atoms with E-state index in [4.69, 9.17) is 17.0 Å². The Balaban J connectivity index is 1.53. The van der Waals surface area contributed by atoms with Crippen LogP contribution < -0.4 is 15.0 Å². The Morgan fingerprint density at radius 3 is 2.44 bits per heavy atom. The highest BCUT2D eigenvalue weighted by atomic mass is 32.1. The largest absolute Gasteiger partial charge is 0.497 e. The second-order valence-electron chi connectivity index (χ2n) is 7.04. The highest BCUT2D eigenvalue weighted by Crippen LogP contribution is 2.23. The molecule has 0 radical (unpaired) electrons. The highest BCUT2D eigenvalue weighted by Gasteiger charge is 2.19. The Morgan fingerprint density at radius 2 is 1.81 bits per heavy atom.